The molecule has 0 saturated carbocycles. The van der Waals surface area contributed by atoms with Crippen LogP contribution in [0.1, 0.15) is 43.1 Å². The van der Waals surface area contributed by atoms with Crippen molar-refractivity contribution in [2.24, 2.45) is 11.8 Å². The molecule has 1 amide bonds. The fraction of sp³-hybridized carbons (Fsp3) is 0.364. The maximum Gasteiger partial charge on any atom is 0.415 e. The molecule has 1 saturated heterocycles. The summed E-state index contributed by atoms with van der Waals surface area (Å²) in [6, 6.07) is 24.2. The van der Waals surface area contributed by atoms with Crippen LogP contribution < -0.4 is 9.47 Å². The number of carbonyl (C=O) groups is 3. The van der Waals surface area contributed by atoms with Gasteiger partial charge in [0, 0.05) is 29.5 Å². The van der Waals surface area contributed by atoms with E-state index in [9.17, 15) is 14.4 Å². The van der Waals surface area contributed by atoms with Gasteiger partial charge in [-0.3, -0.25) is 4.79 Å². The fourth-order valence-electron chi connectivity index (χ4n) is 4.95. The lowest BCUT2D eigenvalue weighted by Gasteiger charge is -2.24. The van der Waals surface area contributed by atoms with Crippen LogP contribution in [0.25, 0.3) is 0 Å². The van der Waals surface area contributed by atoms with Crippen molar-refractivity contribution in [3.63, 3.8) is 0 Å². The molecular formula is C33H37NO6S. The van der Waals surface area contributed by atoms with E-state index in [1.54, 1.807) is 49.6 Å². The molecular weight excluding hydrogens is 538 g/mol. The standard InChI is InChI=1S/C33H37NO6S/c1-5-38-31(36)33(2,3)40-27-17-12-23(13-18-27)11-14-25-21-34(32(37)39-26-9-7-6-8-10-26)22-29(25)30(35)24-15-19-28(41-4)20-16-24/h6-10,12-13,15-20,25,29H,5,11,14,21-22H2,1-4H3/t25-,29-/m0/s1. The Morgan fingerprint density at radius 1 is 0.902 bits per heavy atom. The Morgan fingerprint density at radius 2 is 1.59 bits per heavy atom. The highest BCUT2D eigenvalue weighted by atomic mass is 32.2. The molecule has 2 atom stereocenters. The average molecular weight is 576 g/mol. The van der Waals surface area contributed by atoms with Crippen molar-refractivity contribution in [1.82, 2.24) is 4.90 Å². The van der Waals surface area contributed by atoms with E-state index < -0.39 is 17.7 Å². The first-order chi connectivity index (χ1) is 19.7. The summed E-state index contributed by atoms with van der Waals surface area (Å²) in [5.74, 6) is 0.326. The molecule has 0 radical (unpaired) electrons. The van der Waals surface area contributed by atoms with Gasteiger partial charge in [0.2, 0.25) is 0 Å². The van der Waals surface area contributed by atoms with E-state index in [2.05, 4.69) is 0 Å². The van der Waals surface area contributed by atoms with Crippen molar-refractivity contribution in [3.05, 3.63) is 90.0 Å². The van der Waals surface area contributed by atoms with Crippen molar-refractivity contribution in [1.29, 1.82) is 0 Å². The third-order valence-corrected chi connectivity index (χ3v) is 7.97. The van der Waals surface area contributed by atoms with Gasteiger partial charge in [0.1, 0.15) is 11.5 Å². The predicted octanol–water partition coefficient (Wildman–Crippen LogP) is 6.69. The Balaban J connectivity index is 1.44. The highest BCUT2D eigenvalue weighted by Gasteiger charge is 2.40. The Hall–Kier alpha value is -3.78. The van der Waals surface area contributed by atoms with E-state index >= 15 is 0 Å². The SMILES string of the molecule is CCOC(=O)C(C)(C)Oc1ccc(CC[C@H]2CN(C(=O)Oc3ccccc3)C[C@@H]2C(=O)c2ccc(SC)cc2)cc1. The van der Waals surface area contributed by atoms with Gasteiger partial charge in [-0.05, 0) is 87.7 Å². The minimum absolute atomic E-state index is 0.0234. The molecule has 3 aromatic rings. The van der Waals surface area contributed by atoms with Gasteiger partial charge in [0.15, 0.2) is 11.4 Å². The van der Waals surface area contributed by atoms with Crippen molar-refractivity contribution in [3.8, 4) is 11.5 Å². The largest absolute Gasteiger partial charge is 0.476 e. The average Bonchev–Trinajstić information content (AvgIpc) is 3.41. The van der Waals surface area contributed by atoms with Gasteiger partial charge in [0.05, 0.1) is 6.61 Å². The molecule has 0 N–H and O–H groups in total. The first-order valence-electron chi connectivity index (χ1n) is 13.9. The number of rotatable bonds is 11. The minimum atomic E-state index is -1.10. The predicted molar refractivity (Wildman–Crippen MR) is 160 cm³/mol. The number of ether oxygens (including phenoxy) is 3. The number of thioether (sulfide) groups is 1. The highest BCUT2D eigenvalue weighted by molar-refractivity contribution is 7.98. The molecule has 8 heteroatoms. The number of benzene rings is 3. The molecule has 1 heterocycles. The molecule has 41 heavy (non-hydrogen) atoms. The summed E-state index contributed by atoms with van der Waals surface area (Å²) in [6.45, 7) is 6.17. The van der Waals surface area contributed by atoms with E-state index in [0.717, 1.165) is 23.3 Å². The number of hydrogen-bond acceptors (Lipinski definition) is 7. The van der Waals surface area contributed by atoms with Crippen molar-refractivity contribution in [2.75, 3.05) is 26.0 Å². The Kier molecular flexibility index (Phi) is 10.1. The van der Waals surface area contributed by atoms with E-state index in [4.69, 9.17) is 14.2 Å². The number of amides is 1. The lowest BCUT2D eigenvalue weighted by Crippen LogP contribution is -2.39. The minimum Gasteiger partial charge on any atom is -0.476 e. The molecule has 0 aliphatic carbocycles. The molecule has 1 fully saturated rings. The van der Waals surface area contributed by atoms with Gasteiger partial charge in [-0.25, -0.2) is 9.59 Å². The maximum atomic E-state index is 13.6. The van der Waals surface area contributed by atoms with Gasteiger partial charge < -0.3 is 19.1 Å². The number of para-hydroxylation sites is 1. The lowest BCUT2D eigenvalue weighted by atomic mass is 9.85. The molecule has 0 bridgehead atoms. The van der Waals surface area contributed by atoms with Crippen LogP contribution in [0.4, 0.5) is 4.79 Å². The summed E-state index contributed by atoms with van der Waals surface area (Å²) < 4.78 is 16.6. The summed E-state index contributed by atoms with van der Waals surface area (Å²) in [7, 11) is 0. The Bertz CT molecular complexity index is 1320. The summed E-state index contributed by atoms with van der Waals surface area (Å²) in [4.78, 5) is 41.5. The normalized spacial score (nSPS) is 16.7. The van der Waals surface area contributed by atoms with Crippen LogP contribution >= 0.6 is 11.8 Å². The van der Waals surface area contributed by atoms with Crippen molar-refractivity contribution >= 4 is 29.6 Å². The van der Waals surface area contributed by atoms with Crippen LogP contribution in [0, 0.1) is 11.8 Å². The van der Waals surface area contributed by atoms with Crippen LogP contribution in [0.15, 0.2) is 83.8 Å². The zero-order chi connectivity index (χ0) is 29.4. The second-order valence-electron chi connectivity index (χ2n) is 10.6. The number of hydrogen-bond donors (Lipinski definition) is 0. The van der Waals surface area contributed by atoms with E-state index in [1.807, 2.05) is 73.0 Å². The first-order valence-corrected chi connectivity index (χ1v) is 15.1. The number of likely N-dealkylation sites (tertiary alicyclic amines) is 1. The number of Topliss-reactive ketones (excluding diaryl/α,β-unsaturated/α-hetero) is 1. The third kappa shape index (κ3) is 7.91. The van der Waals surface area contributed by atoms with Gasteiger partial charge in [0.25, 0.3) is 0 Å². The van der Waals surface area contributed by atoms with Gasteiger partial charge in [-0.1, -0.05) is 42.5 Å². The Labute approximate surface area is 246 Å². The molecule has 0 aromatic heterocycles. The second kappa shape index (κ2) is 13.7. The van der Waals surface area contributed by atoms with Crippen molar-refractivity contribution < 1.29 is 28.6 Å². The molecule has 1 aliphatic rings. The molecule has 4 rings (SSSR count). The maximum absolute atomic E-state index is 13.6. The van der Waals surface area contributed by atoms with Crippen LogP contribution in [-0.2, 0) is 16.0 Å². The van der Waals surface area contributed by atoms with Crippen LogP contribution in [-0.4, -0.2) is 54.3 Å². The topological polar surface area (TPSA) is 82.1 Å². The molecule has 7 nitrogen and oxygen atoms in total. The van der Waals surface area contributed by atoms with Crippen molar-refractivity contribution in [2.45, 2.75) is 44.1 Å². The third-order valence-electron chi connectivity index (χ3n) is 7.23. The number of esters is 1. The lowest BCUT2D eigenvalue weighted by molar-refractivity contribution is -0.158. The first kappa shape index (κ1) is 30.2. The highest BCUT2D eigenvalue weighted by Crippen LogP contribution is 2.32. The monoisotopic (exact) mass is 575 g/mol. The van der Waals surface area contributed by atoms with E-state index in [-0.39, 0.29) is 17.6 Å². The van der Waals surface area contributed by atoms with E-state index in [1.165, 1.54) is 0 Å². The Morgan fingerprint density at radius 3 is 2.22 bits per heavy atom. The summed E-state index contributed by atoms with van der Waals surface area (Å²) in [5, 5.41) is 0. The number of ketones is 1. The van der Waals surface area contributed by atoms with Crippen LogP contribution in [0.3, 0.4) is 0 Å². The summed E-state index contributed by atoms with van der Waals surface area (Å²) in [5.41, 5.74) is 0.634. The van der Waals surface area contributed by atoms with E-state index in [0.29, 0.717) is 36.8 Å². The zero-order valence-corrected chi connectivity index (χ0v) is 24.8. The number of nitrogens with zero attached hydrogens (tertiary/aromatic N) is 1. The molecule has 1 aliphatic heterocycles. The molecule has 0 unspecified atom stereocenters. The second-order valence-corrected chi connectivity index (χ2v) is 11.4. The number of carbonyl (C=O) groups excluding carboxylic acids is 3. The van der Waals surface area contributed by atoms with Crippen LogP contribution in [0.2, 0.25) is 0 Å². The molecule has 0 spiro atoms. The van der Waals surface area contributed by atoms with Crippen LogP contribution in [0.5, 0.6) is 11.5 Å². The summed E-state index contributed by atoms with van der Waals surface area (Å²) in [6.07, 6.45) is 3.01. The quantitative estimate of drug-likeness (QED) is 0.143. The smallest absolute Gasteiger partial charge is 0.415 e. The fourth-order valence-corrected chi connectivity index (χ4v) is 5.36. The molecule has 3 aromatic carbocycles. The number of aryl methyl sites for hydroxylation is 1. The van der Waals surface area contributed by atoms with Gasteiger partial charge >= 0.3 is 12.1 Å². The molecule has 216 valence electrons. The van der Waals surface area contributed by atoms with Gasteiger partial charge in [-0.2, -0.15) is 0 Å². The summed E-state index contributed by atoms with van der Waals surface area (Å²) >= 11 is 1.63. The van der Waals surface area contributed by atoms with Gasteiger partial charge in [-0.15, -0.1) is 11.8 Å². The zero-order valence-electron chi connectivity index (χ0n) is 24.0.